The van der Waals surface area contributed by atoms with Crippen molar-refractivity contribution in [2.24, 2.45) is 0 Å². The van der Waals surface area contributed by atoms with Gasteiger partial charge in [-0.25, -0.2) is 8.42 Å². The fourth-order valence-electron chi connectivity index (χ4n) is 2.95. The summed E-state index contributed by atoms with van der Waals surface area (Å²) in [5.74, 6) is -0.516. The van der Waals surface area contributed by atoms with Crippen LogP contribution >= 0.6 is 0 Å². The van der Waals surface area contributed by atoms with E-state index in [1.54, 1.807) is 24.0 Å². The van der Waals surface area contributed by atoms with E-state index in [-0.39, 0.29) is 35.7 Å². The molecule has 0 spiro atoms. The number of amides is 2. The number of nitrogens with one attached hydrogen (secondary N) is 1. The number of carbonyl (C=O) groups excluding carboxylic acids is 2. The highest BCUT2D eigenvalue weighted by Crippen LogP contribution is 2.34. The van der Waals surface area contributed by atoms with E-state index in [1.165, 1.54) is 17.3 Å². The van der Waals surface area contributed by atoms with E-state index in [0.717, 1.165) is 0 Å². The molecule has 1 atom stereocenters. The molecule has 1 aromatic carbocycles. The van der Waals surface area contributed by atoms with E-state index >= 15 is 0 Å². The number of anilines is 1. The molecule has 0 bridgehead atoms. The molecule has 0 aliphatic carbocycles. The quantitative estimate of drug-likeness (QED) is 0.856. The van der Waals surface area contributed by atoms with Gasteiger partial charge in [0, 0.05) is 38.8 Å². The molecule has 1 unspecified atom stereocenters. The van der Waals surface area contributed by atoms with Crippen molar-refractivity contribution in [3.05, 3.63) is 23.8 Å². The molecule has 8 heteroatoms. The molecule has 23 heavy (non-hydrogen) atoms. The van der Waals surface area contributed by atoms with Gasteiger partial charge in [-0.15, -0.1) is 0 Å². The minimum atomic E-state index is -3.62. The Balaban J connectivity index is 1.84. The SMILES string of the molecule is CC(=O)N1CCN(S(=O)(=O)c2ccc3c(c2)C(C)C(=O)N3)CC1. The Kier molecular flexibility index (Phi) is 3.89. The molecular formula is C15H19N3O4S. The number of hydrogen-bond donors (Lipinski definition) is 1. The fraction of sp³-hybridized carbons (Fsp3) is 0.467. The van der Waals surface area contributed by atoms with Crippen molar-refractivity contribution in [1.82, 2.24) is 9.21 Å². The zero-order valence-corrected chi connectivity index (χ0v) is 13.9. The van der Waals surface area contributed by atoms with Crippen LogP contribution < -0.4 is 5.32 Å². The molecule has 0 saturated carbocycles. The molecule has 2 amide bonds. The van der Waals surface area contributed by atoms with Gasteiger partial charge >= 0.3 is 0 Å². The number of benzene rings is 1. The van der Waals surface area contributed by atoms with Gasteiger partial charge in [0.2, 0.25) is 21.8 Å². The number of sulfonamides is 1. The summed E-state index contributed by atoms with van der Waals surface area (Å²) < 4.78 is 26.9. The smallest absolute Gasteiger partial charge is 0.243 e. The molecule has 124 valence electrons. The van der Waals surface area contributed by atoms with Gasteiger partial charge in [-0.3, -0.25) is 9.59 Å². The minimum absolute atomic E-state index is 0.0435. The zero-order valence-electron chi connectivity index (χ0n) is 13.1. The number of hydrogen-bond acceptors (Lipinski definition) is 4. The lowest BCUT2D eigenvalue weighted by atomic mass is 10.0. The number of piperazine rings is 1. The van der Waals surface area contributed by atoms with E-state index < -0.39 is 10.0 Å². The second-order valence-corrected chi connectivity index (χ2v) is 7.81. The predicted octanol–water partition coefficient (Wildman–Crippen LogP) is 0.595. The lowest BCUT2D eigenvalue weighted by Crippen LogP contribution is -2.49. The first-order valence-corrected chi connectivity index (χ1v) is 8.95. The van der Waals surface area contributed by atoms with E-state index in [4.69, 9.17) is 0 Å². The van der Waals surface area contributed by atoms with Gasteiger partial charge in [0.25, 0.3) is 0 Å². The van der Waals surface area contributed by atoms with Gasteiger partial charge < -0.3 is 10.2 Å². The Labute approximate surface area is 135 Å². The van der Waals surface area contributed by atoms with E-state index in [0.29, 0.717) is 24.3 Å². The summed E-state index contributed by atoms with van der Waals surface area (Å²) in [4.78, 5) is 24.9. The number of rotatable bonds is 2. The molecule has 0 radical (unpaired) electrons. The highest BCUT2D eigenvalue weighted by Gasteiger charge is 2.32. The maximum absolute atomic E-state index is 12.8. The highest BCUT2D eigenvalue weighted by molar-refractivity contribution is 7.89. The van der Waals surface area contributed by atoms with Crippen LogP contribution in [0, 0.1) is 0 Å². The van der Waals surface area contributed by atoms with Crippen molar-refractivity contribution in [3.63, 3.8) is 0 Å². The lowest BCUT2D eigenvalue weighted by molar-refractivity contribution is -0.130. The monoisotopic (exact) mass is 337 g/mol. The molecule has 1 saturated heterocycles. The number of fused-ring (bicyclic) bond motifs is 1. The van der Waals surface area contributed by atoms with Crippen molar-refractivity contribution in [2.75, 3.05) is 31.5 Å². The maximum atomic E-state index is 12.8. The Bertz CT molecular complexity index is 767. The third-order valence-electron chi connectivity index (χ3n) is 4.46. The summed E-state index contributed by atoms with van der Waals surface area (Å²) in [5, 5.41) is 2.73. The van der Waals surface area contributed by atoms with Crippen LogP contribution in [-0.4, -0.2) is 55.6 Å². The summed E-state index contributed by atoms with van der Waals surface area (Å²) >= 11 is 0. The van der Waals surface area contributed by atoms with E-state index in [2.05, 4.69) is 5.32 Å². The van der Waals surface area contributed by atoms with Crippen molar-refractivity contribution < 1.29 is 18.0 Å². The van der Waals surface area contributed by atoms with Crippen LogP contribution in [0.25, 0.3) is 0 Å². The molecule has 7 nitrogen and oxygen atoms in total. The topological polar surface area (TPSA) is 86.8 Å². The Morgan fingerprint density at radius 1 is 1.22 bits per heavy atom. The van der Waals surface area contributed by atoms with Gasteiger partial charge in [-0.2, -0.15) is 4.31 Å². The normalized spacial score (nSPS) is 21.9. The minimum Gasteiger partial charge on any atom is -0.340 e. The van der Waals surface area contributed by atoms with Gasteiger partial charge in [-0.1, -0.05) is 0 Å². The van der Waals surface area contributed by atoms with Crippen molar-refractivity contribution >= 4 is 27.5 Å². The summed E-state index contributed by atoms with van der Waals surface area (Å²) in [6, 6.07) is 4.73. The van der Waals surface area contributed by atoms with Gasteiger partial charge in [0.1, 0.15) is 0 Å². The second kappa shape index (κ2) is 5.61. The average molecular weight is 337 g/mol. The Morgan fingerprint density at radius 3 is 2.48 bits per heavy atom. The first kappa shape index (κ1) is 15.9. The second-order valence-electron chi connectivity index (χ2n) is 5.87. The van der Waals surface area contributed by atoms with Crippen LogP contribution in [0.2, 0.25) is 0 Å². The number of carbonyl (C=O) groups is 2. The Hall–Kier alpha value is -1.93. The average Bonchev–Trinajstić information content (AvgIpc) is 2.82. The first-order valence-electron chi connectivity index (χ1n) is 7.51. The molecule has 0 aromatic heterocycles. The van der Waals surface area contributed by atoms with Crippen molar-refractivity contribution in [1.29, 1.82) is 0 Å². The van der Waals surface area contributed by atoms with Gasteiger partial charge in [-0.05, 0) is 30.7 Å². The fourth-order valence-corrected chi connectivity index (χ4v) is 4.41. The Morgan fingerprint density at radius 2 is 1.87 bits per heavy atom. The molecule has 1 fully saturated rings. The van der Waals surface area contributed by atoms with Crippen LogP contribution in [0.15, 0.2) is 23.1 Å². The third-order valence-corrected chi connectivity index (χ3v) is 6.36. The summed E-state index contributed by atoms with van der Waals surface area (Å²) in [6.07, 6.45) is 0. The third kappa shape index (κ3) is 2.72. The van der Waals surface area contributed by atoms with Gasteiger partial charge in [0.15, 0.2) is 0 Å². The predicted molar refractivity (Wildman–Crippen MR) is 84.5 cm³/mol. The largest absolute Gasteiger partial charge is 0.340 e. The zero-order chi connectivity index (χ0) is 16.8. The summed E-state index contributed by atoms with van der Waals surface area (Å²) in [5.41, 5.74) is 1.38. The molecule has 2 aliphatic heterocycles. The van der Waals surface area contributed by atoms with Crippen LogP contribution in [0.3, 0.4) is 0 Å². The van der Waals surface area contributed by atoms with Crippen LogP contribution in [0.4, 0.5) is 5.69 Å². The van der Waals surface area contributed by atoms with Crippen LogP contribution in [0.5, 0.6) is 0 Å². The number of nitrogens with zero attached hydrogens (tertiary/aromatic N) is 2. The summed E-state index contributed by atoms with van der Waals surface area (Å²) in [7, 11) is -3.62. The maximum Gasteiger partial charge on any atom is 0.243 e. The van der Waals surface area contributed by atoms with Crippen molar-refractivity contribution in [3.8, 4) is 0 Å². The highest BCUT2D eigenvalue weighted by atomic mass is 32.2. The van der Waals surface area contributed by atoms with Gasteiger partial charge in [0.05, 0.1) is 10.8 Å². The molecule has 1 aromatic rings. The molecule has 2 aliphatic rings. The molecular weight excluding hydrogens is 318 g/mol. The summed E-state index contributed by atoms with van der Waals surface area (Å²) in [6.45, 7) is 4.60. The standard InChI is InChI=1S/C15H19N3O4S/c1-10-13-9-12(3-4-14(13)16-15(10)20)23(21,22)18-7-5-17(6-8-18)11(2)19/h3-4,9-10H,5-8H2,1-2H3,(H,16,20). The van der Waals surface area contributed by atoms with Crippen LogP contribution in [-0.2, 0) is 19.6 Å². The first-order chi connectivity index (χ1) is 10.8. The van der Waals surface area contributed by atoms with E-state index in [9.17, 15) is 18.0 Å². The van der Waals surface area contributed by atoms with Crippen molar-refractivity contribution in [2.45, 2.75) is 24.7 Å². The van der Waals surface area contributed by atoms with Crippen LogP contribution in [0.1, 0.15) is 25.3 Å². The van der Waals surface area contributed by atoms with E-state index in [1.807, 2.05) is 0 Å². The molecule has 2 heterocycles. The lowest BCUT2D eigenvalue weighted by Gasteiger charge is -2.33. The molecule has 3 rings (SSSR count). The molecule has 1 N–H and O–H groups in total.